The van der Waals surface area contributed by atoms with Gasteiger partial charge in [0.2, 0.25) is 0 Å². The minimum absolute atomic E-state index is 0.127. The van der Waals surface area contributed by atoms with Crippen LogP contribution < -0.4 is 0 Å². The average molecular weight is 291 g/mol. The number of rotatable bonds is 2. The topological polar surface area (TPSA) is 38.0 Å². The van der Waals surface area contributed by atoms with Gasteiger partial charge in [0.1, 0.15) is 5.82 Å². The summed E-state index contributed by atoms with van der Waals surface area (Å²) in [6, 6.07) is 4.62. The minimum atomic E-state index is -4.49. The molecular weight excluding hydrogens is 281 g/mol. The minimum Gasteiger partial charge on any atom is -0.392 e. The van der Waals surface area contributed by atoms with Crippen molar-refractivity contribution in [1.29, 1.82) is 0 Å². The van der Waals surface area contributed by atoms with Gasteiger partial charge in [-0.2, -0.15) is 13.2 Å². The molecule has 0 unspecified atom stereocenters. The largest absolute Gasteiger partial charge is 0.434 e. The number of halogens is 4. The number of aryl methyl sites for hydroxylation is 1. The van der Waals surface area contributed by atoms with Crippen LogP contribution in [-0.4, -0.2) is 14.7 Å². The number of hydrogen-bond acceptors (Lipinski definition) is 2. The molecule has 0 aliphatic heterocycles. The van der Waals surface area contributed by atoms with E-state index in [4.69, 9.17) is 16.7 Å². The van der Waals surface area contributed by atoms with Gasteiger partial charge in [-0.25, -0.2) is 4.98 Å². The van der Waals surface area contributed by atoms with Gasteiger partial charge in [0.05, 0.1) is 11.6 Å². The normalized spacial score (nSPS) is 11.9. The first-order chi connectivity index (χ1) is 8.82. The zero-order valence-electron chi connectivity index (χ0n) is 9.87. The van der Waals surface area contributed by atoms with Gasteiger partial charge >= 0.3 is 6.18 Å². The Labute approximate surface area is 112 Å². The van der Waals surface area contributed by atoms with Crippen LogP contribution in [-0.2, 0) is 19.8 Å². The maximum atomic E-state index is 12.6. The van der Waals surface area contributed by atoms with E-state index in [-0.39, 0.29) is 17.5 Å². The van der Waals surface area contributed by atoms with Crippen molar-refractivity contribution in [2.75, 3.05) is 0 Å². The second-order valence-electron chi connectivity index (χ2n) is 4.03. The molecule has 0 amide bonds. The van der Waals surface area contributed by atoms with E-state index in [0.29, 0.717) is 11.1 Å². The smallest absolute Gasteiger partial charge is 0.392 e. The third-order valence-electron chi connectivity index (χ3n) is 2.62. The summed E-state index contributed by atoms with van der Waals surface area (Å²) in [6.45, 7) is -0.186. The molecule has 7 heteroatoms. The Morgan fingerprint density at radius 2 is 2.05 bits per heavy atom. The second-order valence-corrected chi connectivity index (χ2v) is 4.44. The molecule has 0 spiro atoms. The highest BCUT2D eigenvalue weighted by Crippen LogP contribution is 2.33. The number of hydrogen-bond donors (Lipinski definition) is 1. The molecule has 2 aromatic rings. The molecule has 0 fully saturated rings. The van der Waals surface area contributed by atoms with Crippen LogP contribution in [0.3, 0.4) is 0 Å². The fourth-order valence-electron chi connectivity index (χ4n) is 1.69. The van der Waals surface area contributed by atoms with Gasteiger partial charge in [-0.05, 0) is 17.7 Å². The fraction of sp³-hybridized carbons (Fsp3) is 0.250. The summed E-state index contributed by atoms with van der Waals surface area (Å²) in [5.41, 5.74) is 0.00294. The number of aliphatic hydroxyl groups excluding tert-OH is 1. The molecule has 0 aliphatic rings. The number of alkyl halides is 3. The maximum Gasteiger partial charge on any atom is 0.434 e. The number of aliphatic hydroxyl groups is 1. The third kappa shape index (κ3) is 2.74. The molecule has 0 radical (unpaired) electrons. The van der Waals surface area contributed by atoms with Crippen LogP contribution in [0, 0.1) is 0 Å². The molecule has 1 N–H and O–H groups in total. The van der Waals surface area contributed by atoms with E-state index in [2.05, 4.69) is 4.98 Å². The average Bonchev–Trinajstić information content (AvgIpc) is 2.71. The molecule has 1 heterocycles. The van der Waals surface area contributed by atoms with Crippen molar-refractivity contribution in [3.8, 4) is 11.4 Å². The molecule has 19 heavy (non-hydrogen) atoms. The van der Waals surface area contributed by atoms with Crippen LogP contribution in [0.25, 0.3) is 11.4 Å². The van der Waals surface area contributed by atoms with Gasteiger partial charge in [0, 0.05) is 18.8 Å². The SMILES string of the molecule is Cn1cc(C(F)(F)F)nc1-c1ccc(CO)cc1Cl. The van der Waals surface area contributed by atoms with Gasteiger partial charge in [-0.3, -0.25) is 0 Å². The predicted octanol–water partition coefficient (Wildman–Crippen LogP) is 3.25. The Balaban J connectivity index is 2.51. The first kappa shape index (κ1) is 13.9. The molecule has 0 saturated heterocycles. The molecule has 0 atom stereocenters. The zero-order valence-corrected chi connectivity index (χ0v) is 10.6. The van der Waals surface area contributed by atoms with E-state index in [1.807, 2.05) is 0 Å². The van der Waals surface area contributed by atoms with Gasteiger partial charge in [-0.15, -0.1) is 0 Å². The van der Waals surface area contributed by atoms with Crippen molar-refractivity contribution in [2.45, 2.75) is 12.8 Å². The lowest BCUT2D eigenvalue weighted by Crippen LogP contribution is -2.04. The van der Waals surface area contributed by atoms with Gasteiger partial charge in [0.25, 0.3) is 0 Å². The van der Waals surface area contributed by atoms with Crippen LogP contribution in [0.2, 0.25) is 5.02 Å². The number of aromatic nitrogens is 2. The lowest BCUT2D eigenvalue weighted by molar-refractivity contribution is -0.140. The number of imidazole rings is 1. The predicted molar refractivity (Wildman–Crippen MR) is 64.6 cm³/mol. The molecule has 0 aliphatic carbocycles. The van der Waals surface area contributed by atoms with Crippen LogP contribution in [0.15, 0.2) is 24.4 Å². The lowest BCUT2D eigenvalue weighted by Gasteiger charge is -2.05. The highest BCUT2D eigenvalue weighted by Gasteiger charge is 2.34. The Bertz CT molecular complexity index is 608. The summed E-state index contributed by atoms with van der Waals surface area (Å²) in [5, 5.41) is 9.21. The van der Waals surface area contributed by atoms with Crippen LogP contribution in [0.5, 0.6) is 0 Å². The Kier molecular flexibility index (Phi) is 3.56. The Hall–Kier alpha value is -1.53. The molecule has 1 aromatic heterocycles. The van der Waals surface area contributed by atoms with Crippen molar-refractivity contribution in [2.24, 2.45) is 7.05 Å². The van der Waals surface area contributed by atoms with Crippen molar-refractivity contribution >= 4 is 11.6 Å². The molecule has 2 rings (SSSR count). The molecule has 0 saturated carbocycles. The van der Waals surface area contributed by atoms with Crippen LogP contribution in [0.1, 0.15) is 11.3 Å². The van der Waals surface area contributed by atoms with Crippen molar-refractivity contribution in [1.82, 2.24) is 9.55 Å². The van der Waals surface area contributed by atoms with E-state index in [1.54, 1.807) is 6.07 Å². The standard InChI is InChI=1S/C12H10ClF3N2O/c1-18-5-10(12(14,15)16)17-11(18)8-3-2-7(6-19)4-9(8)13/h2-5,19H,6H2,1H3. The molecule has 1 aromatic carbocycles. The van der Waals surface area contributed by atoms with E-state index >= 15 is 0 Å². The van der Waals surface area contributed by atoms with Crippen molar-refractivity contribution < 1.29 is 18.3 Å². The first-order valence-corrected chi connectivity index (χ1v) is 5.71. The number of benzene rings is 1. The summed E-state index contributed by atoms with van der Waals surface area (Å²) >= 11 is 5.99. The lowest BCUT2D eigenvalue weighted by atomic mass is 10.1. The highest BCUT2D eigenvalue weighted by atomic mass is 35.5. The summed E-state index contributed by atoms with van der Waals surface area (Å²) in [4.78, 5) is 3.56. The fourth-order valence-corrected chi connectivity index (χ4v) is 1.98. The molecule has 3 nitrogen and oxygen atoms in total. The van der Waals surface area contributed by atoms with Crippen molar-refractivity contribution in [3.63, 3.8) is 0 Å². The number of nitrogens with zero attached hydrogens (tertiary/aromatic N) is 2. The van der Waals surface area contributed by atoms with E-state index < -0.39 is 11.9 Å². The highest BCUT2D eigenvalue weighted by molar-refractivity contribution is 6.33. The summed E-state index contributed by atoms with van der Waals surface area (Å²) < 4.78 is 39.0. The Morgan fingerprint density at radius 3 is 2.53 bits per heavy atom. The van der Waals surface area contributed by atoms with E-state index in [9.17, 15) is 13.2 Å². The molecule has 102 valence electrons. The summed E-state index contributed by atoms with van der Waals surface area (Å²) in [7, 11) is 1.47. The zero-order chi connectivity index (χ0) is 14.2. The van der Waals surface area contributed by atoms with Gasteiger partial charge < -0.3 is 9.67 Å². The second kappa shape index (κ2) is 4.86. The monoisotopic (exact) mass is 290 g/mol. The van der Waals surface area contributed by atoms with Crippen LogP contribution >= 0.6 is 11.6 Å². The van der Waals surface area contributed by atoms with Gasteiger partial charge in [0.15, 0.2) is 5.69 Å². The molecule has 0 bridgehead atoms. The quantitative estimate of drug-likeness (QED) is 0.922. The maximum absolute atomic E-state index is 12.6. The molecular formula is C12H10ClF3N2O. The van der Waals surface area contributed by atoms with Crippen LogP contribution in [0.4, 0.5) is 13.2 Å². The van der Waals surface area contributed by atoms with E-state index in [1.165, 1.54) is 23.7 Å². The Morgan fingerprint density at radius 1 is 1.37 bits per heavy atom. The third-order valence-corrected chi connectivity index (χ3v) is 2.94. The van der Waals surface area contributed by atoms with E-state index in [0.717, 1.165) is 6.20 Å². The van der Waals surface area contributed by atoms with Gasteiger partial charge in [-0.1, -0.05) is 17.7 Å². The van der Waals surface area contributed by atoms with Crippen molar-refractivity contribution in [3.05, 3.63) is 40.7 Å². The summed E-state index contributed by atoms with van der Waals surface area (Å²) in [5.74, 6) is 0.127. The summed E-state index contributed by atoms with van der Waals surface area (Å²) in [6.07, 6.45) is -3.58. The first-order valence-electron chi connectivity index (χ1n) is 5.33.